The molecule has 0 radical (unpaired) electrons. The predicted molar refractivity (Wildman–Crippen MR) is 83.1 cm³/mol. The van der Waals surface area contributed by atoms with Crippen LogP contribution in [0.15, 0.2) is 64.1 Å². The fourth-order valence-corrected chi connectivity index (χ4v) is 2.68. The van der Waals surface area contributed by atoms with E-state index >= 15 is 0 Å². The molecule has 0 aliphatic heterocycles. The van der Waals surface area contributed by atoms with Crippen LogP contribution in [0.25, 0.3) is 10.8 Å². The van der Waals surface area contributed by atoms with Gasteiger partial charge in [0, 0.05) is 0 Å². The first-order valence-electron chi connectivity index (χ1n) is 6.71. The van der Waals surface area contributed by atoms with Crippen molar-refractivity contribution in [3.05, 3.63) is 65.9 Å². The van der Waals surface area contributed by atoms with Crippen LogP contribution >= 0.6 is 0 Å². The van der Waals surface area contributed by atoms with Crippen LogP contribution in [0.1, 0.15) is 16.1 Å². The van der Waals surface area contributed by atoms with E-state index in [1.807, 2.05) is 42.5 Å². The maximum absolute atomic E-state index is 11.9. The van der Waals surface area contributed by atoms with Gasteiger partial charge in [0.2, 0.25) is 10.9 Å². The Morgan fingerprint density at radius 1 is 1.04 bits per heavy atom. The van der Waals surface area contributed by atoms with E-state index in [2.05, 4.69) is 0 Å². The molecule has 0 saturated carbocycles. The Hall–Kier alpha value is -2.64. The number of carbonyl (C=O) groups excluding carboxylic acids is 1. The molecule has 7 heteroatoms. The van der Waals surface area contributed by atoms with Gasteiger partial charge in [0.1, 0.15) is 6.61 Å². The zero-order valence-electron chi connectivity index (χ0n) is 11.9. The first-order valence-corrected chi connectivity index (χ1v) is 8.26. The molecule has 118 valence electrons. The number of ether oxygens (including phenoxy) is 1. The highest BCUT2D eigenvalue weighted by molar-refractivity contribution is 7.89. The minimum atomic E-state index is -3.99. The van der Waals surface area contributed by atoms with Crippen molar-refractivity contribution in [2.24, 2.45) is 5.14 Å². The number of furan rings is 1. The highest BCUT2D eigenvalue weighted by Gasteiger charge is 2.18. The molecule has 0 unspecified atom stereocenters. The minimum Gasteiger partial charge on any atom is -0.455 e. The first kappa shape index (κ1) is 15.3. The molecular weight excluding hydrogens is 318 g/mol. The Balaban J connectivity index is 1.77. The predicted octanol–water partition coefficient (Wildman–Crippen LogP) is 2.44. The topological polar surface area (TPSA) is 99.6 Å². The molecule has 3 aromatic rings. The van der Waals surface area contributed by atoms with Crippen molar-refractivity contribution < 1.29 is 22.4 Å². The van der Waals surface area contributed by atoms with E-state index in [4.69, 9.17) is 14.3 Å². The lowest BCUT2D eigenvalue weighted by atomic mass is 10.1. The lowest BCUT2D eigenvalue weighted by molar-refractivity contribution is 0.0432. The van der Waals surface area contributed by atoms with Crippen molar-refractivity contribution in [1.29, 1.82) is 0 Å². The van der Waals surface area contributed by atoms with E-state index in [0.29, 0.717) is 0 Å². The molecular formula is C16H13NO5S. The quantitative estimate of drug-likeness (QED) is 0.740. The zero-order valence-corrected chi connectivity index (χ0v) is 12.7. The summed E-state index contributed by atoms with van der Waals surface area (Å²) in [5.41, 5.74) is 0.842. The average molecular weight is 331 g/mol. The molecule has 3 rings (SSSR count). The van der Waals surface area contributed by atoms with Gasteiger partial charge in [0.25, 0.3) is 10.0 Å². The van der Waals surface area contributed by atoms with Crippen molar-refractivity contribution >= 4 is 26.8 Å². The smallest absolute Gasteiger partial charge is 0.374 e. The summed E-state index contributed by atoms with van der Waals surface area (Å²) in [6, 6.07) is 15.7. The van der Waals surface area contributed by atoms with E-state index < -0.39 is 21.1 Å². The van der Waals surface area contributed by atoms with Crippen LogP contribution in [-0.4, -0.2) is 14.4 Å². The third kappa shape index (κ3) is 3.25. The number of nitrogens with two attached hydrogens (primary N) is 1. The molecule has 2 aromatic carbocycles. The maximum Gasteiger partial charge on any atom is 0.374 e. The van der Waals surface area contributed by atoms with Crippen LogP contribution in [0, 0.1) is 0 Å². The van der Waals surface area contributed by atoms with Gasteiger partial charge < -0.3 is 9.15 Å². The Kier molecular flexibility index (Phi) is 3.89. The molecule has 0 atom stereocenters. The molecule has 1 aromatic heterocycles. The third-order valence-electron chi connectivity index (χ3n) is 3.30. The number of hydrogen-bond donors (Lipinski definition) is 1. The van der Waals surface area contributed by atoms with Gasteiger partial charge in [-0.25, -0.2) is 18.4 Å². The molecule has 23 heavy (non-hydrogen) atoms. The Morgan fingerprint density at radius 3 is 2.52 bits per heavy atom. The molecule has 0 saturated heterocycles. The summed E-state index contributed by atoms with van der Waals surface area (Å²) >= 11 is 0. The number of primary sulfonamides is 1. The summed E-state index contributed by atoms with van der Waals surface area (Å²) in [5, 5.41) is 6.46. The van der Waals surface area contributed by atoms with Crippen molar-refractivity contribution in [1.82, 2.24) is 0 Å². The molecule has 1 heterocycles. The van der Waals surface area contributed by atoms with Crippen LogP contribution < -0.4 is 5.14 Å². The summed E-state index contributed by atoms with van der Waals surface area (Å²) in [5.74, 6) is -0.970. The monoisotopic (exact) mass is 331 g/mol. The fourth-order valence-electron chi connectivity index (χ4n) is 2.22. The summed E-state index contributed by atoms with van der Waals surface area (Å²) in [4.78, 5) is 11.9. The molecule has 0 amide bonds. The van der Waals surface area contributed by atoms with Crippen molar-refractivity contribution in [3.63, 3.8) is 0 Å². The van der Waals surface area contributed by atoms with Gasteiger partial charge in [-0.1, -0.05) is 42.5 Å². The van der Waals surface area contributed by atoms with E-state index in [1.54, 1.807) is 0 Å². The van der Waals surface area contributed by atoms with Crippen LogP contribution in [0.3, 0.4) is 0 Å². The second-order valence-electron chi connectivity index (χ2n) is 4.88. The number of benzene rings is 2. The standard InChI is InChI=1S/C16H13NO5S/c17-23(19,20)15-9-8-14(22-15)16(18)21-10-12-6-3-5-11-4-1-2-7-13(11)12/h1-9H,10H2,(H2,17,19,20). The molecule has 0 fully saturated rings. The maximum atomic E-state index is 11.9. The lowest BCUT2D eigenvalue weighted by Crippen LogP contribution is -2.11. The van der Waals surface area contributed by atoms with Crippen LogP contribution in [0.2, 0.25) is 0 Å². The lowest BCUT2D eigenvalue weighted by Gasteiger charge is -2.07. The van der Waals surface area contributed by atoms with E-state index in [0.717, 1.165) is 22.4 Å². The molecule has 0 spiro atoms. The van der Waals surface area contributed by atoms with Crippen LogP contribution in [0.5, 0.6) is 0 Å². The Labute approximate surface area is 132 Å². The highest BCUT2D eigenvalue weighted by atomic mass is 32.2. The normalized spacial score (nSPS) is 11.5. The number of rotatable bonds is 4. The second-order valence-corrected chi connectivity index (χ2v) is 6.37. The van der Waals surface area contributed by atoms with Crippen LogP contribution in [-0.2, 0) is 21.4 Å². The second kappa shape index (κ2) is 5.86. The highest BCUT2D eigenvalue weighted by Crippen LogP contribution is 2.20. The van der Waals surface area contributed by atoms with Gasteiger partial charge in [0.15, 0.2) is 0 Å². The number of carbonyl (C=O) groups is 1. The zero-order chi connectivity index (χ0) is 16.4. The van der Waals surface area contributed by atoms with Crippen LogP contribution in [0.4, 0.5) is 0 Å². The molecule has 0 bridgehead atoms. The van der Waals surface area contributed by atoms with Gasteiger partial charge in [0.05, 0.1) is 0 Å². The first-order chi connectivity index (χ1) is 10.9. The van der Waals surface area contributed by atoms with Gasteiger partial charge in [-0.05, 0) is 28.5 Å². The van der Waals surface area contributed by atoms with E-state index in [1.165, 1.54) is 6.07 Å². The van der Waals surface area contributed by atoms with Gasteiger partial charge in [-0.2, -0.15) is 0 Å². The largest absolute Gasteiger partial charge is 0.455 e. The number of esters is 1. The van der Waals surface area contributed by atoms with Gasteiger partial charge >= 0.3 is 5.97 Å². The number of fused-ring (bicyclic) bond motifs is 1. The summed E-state index contributed by atoms with van der Waals surface area (Å²) in [6.45, 7) is 0.0472. The van der Waals surface area contributed by atoms with E-state index in [-0.39, 0.29) is 12.4 Å². The number of hydrogen-bond acceptors (Lipinski definition) is 5. The fraction of sp³-hybridized carbons (Fsp3) is 0.0625. The Morgan fingerprint density at radius 2 is 1.78 bits per heavy atom. The summed E-state index contributed by atoms with van der Waals surface area (Å²) in [6.07, 6.45) is 0. The SMILES string of the molecule is NS(=O)(=O)c1ccc(C(=O)OCc2cccc3ccccc23)o1. The van der Waals surface area contributed by atoms with E-state index in [9.17, 15) is 13.2 Å². The molecule has 2 N–H and O–H groups in total. The summed E-state index contributed by atoms with van der Waals surface area (Å²) in [7, 11) is -3.99. The van der Waals surface area contributed by atoms with Crippen molar-refractivity contribution in [2.45, 2.75) is 11.7 Å². The van der Waals surface area contributed by atoms with Crippen molar-refractivity contribution in [3.8, 4) is 0 Å². The average Bonchev–Trinajstić information content (AvgIpc) is 3.03. The minimum absolute atomic E-state index is 0.0472. The molecule has 6 nitrogen and oxygen atoms in total. The van der Waals surface area contributed by atoms with Gasteiger partial charge in [-0.15, -0.1) is 0 Å². The molecule has 0 aliphatic carbocycles. The molecule has 0 aliphatic rings. The Bertz CT molecular complexity index is 970. The van der Waals surface area contributed by atoms with Crippen molar-refractivity contribution in [2.75, 3.05) is 0 Å². The third-order valence-corrected chi connectivity index (χ3v) is 4.08. The van der Waals surface area contributed by atoms with Gasteiger partial charge in [-0.3, -0.25) is 0 Å². The summed E-state index contributed by atoms with van der Waals surface area (Å²) < 4.78 is 32.3. The number of sulfonamides is 1.